The fourth-order valence-corrected chi connectivity index (χ4v) is 9.96. The van der Waals surface area contributed by atoms with Crippen molar-refractivity contribution in [2.24, 2.45) is 11.8 Å². The predicted octanol–water partition coefficient (Wildman–Crippen LogP) is 11.5. The van der Waals surface area contributed by atoms with E-state index in [0.29, 0.717) is 23.7 Å². The zero-order valence-electron chi connectivity index (χ0n) is 26.8. The van der Waals surface area contributed by atoms with Crippen LogP contribution in [0.4, 0.5) is 0 Å². The molecule has 1 saturated carbocycles. The van der Waals surface area contributed by atoms with Gasteiger partial charge in [0, 0.05) is 29.2 Å². The van der Waals surface area contributed by atoms with Gasteiger partial charge in [-0.1, -0.05) is 133 Å². The molecule has 1 fully saturated rings. The van der Waals surface area contributed by atoms with Crippen LogP contribution in [0, 0.1) is 11.8 Å². The van der Waals surface area contributed by atoms with Crippen LogP contribution in [0.5, 0.6) is 0 Å². The lowest BCUT2D eigenvalue weighted by Crippen LogP contribution is -2.45. The third-order valence-electron chi connectivity index (χ3n) is 12.1. The Kier molecular flexibility index (Phi) is 6.42. The first-order valence-corrected chi connectivity index (χ1v) is 17.8. The van der Waals surface area contributed by atoms with Crippen molar-refractivity contribution in [2.75, 3.05) is 0 Å². The average molecular weight is 609 g/mol. The summed E-state index contributed by atoms with van der Waals surface area (Å²) in [5.74, 6) is 3.20. The first-order valence-electron chi connectivity index (χ1n) is 17.8. The van der Waals surface area contributed by atoms with E-state index >= 15 is 0 Å². The molecule has 1 heterocycles. The number of allylic oxidation sites excluding steroid dienone is 4. The van der Waals surface area contributed by atoms with Gasteiger partial charge in [0.1, 0.15) is 11.9 Å². The van der Waals surface area contributed by atoms with Crippen LogP contribution in [0.3, 0.4) is 0 Å². The van der Waals surface area contributed by atoms with Gasteiger partial charge in [-0.2, -0.15) is 0 Å². The molecule has 0 spiro atoms. The van der Waals surface area contributed by atoms with Gasteiger partial charge in [-0.25, -0.2) is 0 Å². The molecule has 1 nitrogen and oxygen atoms in total. The fraction of sp³-hybridized carbons (Fsp3) is 0.261. The van der Waals surface area contributed by atoms with Gasteiger partial charge >= 0.3 is 0 Å². The Bertz CT molecular complexity index is 2100. The van der Waals surface area contributed by atoms with E-state index < -0.39 is 0 Å². The van der Waals surface area contributed by atoms with Crippen molar-refractivity contribution in [3.8, 4) is 11.1 Å². The molecule has 10 rings (SSSR count). The van der Waals surface area contributed by atoms with Crippen molar-refractivity contribution < 1.29 is 4.74 Å². The number of ether oxygens (including phenoxy) is 1. The Hall–Kier alpha value is -4.62. The Morgan fingerprint density at radius 2 is 1.45 bits per heavy atom. The molecule has 0 saturated heterocycles. The quantitative estimate of drug-likeness (QED) is 0.198. The molecule has 1 heteroatoms. The molecule has 0 radical (unpaired) electrons. The van der Waals surface area contributed by atoms with Crippen molar-refractivity contribution >= 4 is 16.5 Å². The van der Waals surface area contributed by atoms with Crippen LogP contribution < -0.4 is 0 Å². The second-order valence-corrected chi connectivity index (χ2v) is 14.6. The molecular formula is C46H40O. The highest BCUT2D eigenvalue weighted by atomic mass is 16.5. The molecule has 0 amide bonds. The number of hydrogen-bond acceptors (Lipinski definition) is 1. The Morgan fingerprint density at radius 1 is 0.638 bits per heavy atom. The van der Waals surface area contributed by atoms with Crippen molar-refractivity contribution in [3.63, 3.8) is 0 Å². The molecule has 4 aliphatic carbocycles. The maximum atomic E-state index is 7.48. The van der Waals surface area contributed by atoms with Gasteiger partial charge in [0.2, 0.25) is 0 Å². The Balaban J connectivity index is 1.15. The molecule has 230 valence electrons. The standard InChI is InChI=1S/C46H40O/c1-3-11-29(12-4-1)34-21-22-39-38-17-9-10-18-40(38)45-42-27-35(30-13-5-2-6-14-30)24-37-25-36(28-43(44(37)42)47-46(45)41(39)26-34)33-20-19-31-15-7-8-16-32(31)23-33/h1-8,11-16,19-24,27-28,34,36,40-41,45-46H,9-10,17-18,25-26H2. The van der Waals surface area contributed by atoms with Gasteiger partial charge in [-0.3, -0.25) is 0 Å². The van der Waals surface area contributed by atoms with Crippen LogP contribution in [-0.4, -0.2) is 6.10 Å². The van der Waals surface area contributed by atoms with E-state index in [4.69, 9.17) is 4.74 Å². The van der Waals surface area contributed by atoms with E-state index in [0.717, 1.165) is 18.6 Å². The van der Waals surface area contributed by atoms with E-state index in [1.807, 2.05) is 0 Å². The highest BCUT2D eigenvalue weighted by Crippen LogP contribution is 2.59. The Morgan fingerprint density at radius 3 is 2.32 bits per heavy atom. The summed E-state index contributed by atoms with van der Waals surface area (Å²) in [6, 6.07) is 43.0. The van der Waals surface area contributed by atoms with Crippen molar-refractivity contribution in [1.82, 2.24) is 0 Å². The summed E-state index contributed by atoms with van der Waals surface area (Å²) in [6.45, 7) is 0. The Labute approximate surface area is 278 Å². The molecule has 5 aromatic carbocycles. The molecule has 5 aromatic rings. The first-order chi connectivity index (χ1) is 23.3. The second kappa shape index (κ2) is 11.0. The van der Waals surface area contributed by atoms with Crippen LogP contribution in [0.25, 0.3) is 27.7 Å². The van der Waals surface area contributed by atoms with Crippen LogP contribution in [0.1, 0.15) is 77.7 Å². The summed E-state index contributed by atoms with van der Waals surface area (Å²) in [5.41, 5.74) is 13.2. The van der Waals surface area contributed by atoms with Gasteiger partial charge < -0.3 is 4.74 Å². The third kappa shape index (κ3) is 4.50. The van der Waals surface area contributed by atoms with Crippen LogP contribution in [-0.2, 0) is 11.2 Å². The zero-order chi connectivity index (χ0) is 30.9. The monoisotopic (exact) mass is 608 g/mol. The number of fused-ring (bicyclic) bond motifs is 7. The lowest BCUT2D eigenvalue weighted by atomic mass is 9.57. The van der Waals surface area contributed by atoms with Gasteiger partial charge in [0.15, 0.2) is 0 Å². The van der Waals surface area contributed by atoms with Gasteiger partial charge in [-0.15, -0.1) is 0 Å². The molecule has 47 heavy (non-hydrogen) atoms. The minimum Gasteiger partial charge on any atom is -0.489 e. The number of hydrogen-bond donors (Lipinski definition) is 0. The highest BCUT2D eigenvalue weighted by molar-refractivity contribution is 5.84. The average Bonchev–Trinajstić information content (AvgIpc) is 3.15. The summed E-state index contributed by atoms with van der Waals surface area (Å²) in [5, 5.41) is 2.61. The van der Waals surface area contributed by atoms with E-state index in [9.17, 15) is 0 Å². The number of rotatable bonds is 3. The largest absolute Gasteiger partial charge is 0.489 e. The van der Waals surface area contributed by atoms with Crippen LogP contribution >= 0.6 is 0 Å². The normalized spacial score (nSPS) is 27.2. The zero-order valence-corrected chi connectivity index (χ0v) is 26.8. The summed E-state index contributed by atoms with van der Waals surface area (Å²) in [7, 11) is 0. The topological polar surface area (TPSA) is 9.23 Å². The lowest BCUT2D eigenvalue weighted by Gasteiger charge is -2.52. The SMILES string of the molecule is C1=CC(c2ccccc2)CC2C1=C1CCCCC1C1c3cc(-c4ccccc4)cc4c3C(=CC(c3ccc5ccccc5c3)C4)OC21. The van der Waals surface area contributed by atoms with Crippen molar-refractivity contribution in [3.05, 3.63) is 172 Å². The molecule has 0 aromatic heterocycles. The van der Waals surface area contributed by atoms with E-state index in [-0.39, 0.29) is 12.0 Å². The van der Waals surface area contributed by atoms with Crippen molar-refractivity contribution in [2.45, 2.75) is 62.4 Å². The molecule has 6 atom stereocenters. The minimum atomic E-state index is 0.154. The van der Waals surface area contributed by atoms with E-state index in [1.54, 1.807) is 16.7 Å². The van der Waals surface area contributed by atoms with Crippen molar-refractivity contribution in [1.29, 1.82) is 0 Å². The summed E-state index contributed by atoms with van der Waals surface area (Å²) < 4.78 is 7.48. The molecule has 0 bridgehead atoms. The molecule has 1 aliphatic heterocycles. The maximum Gasteiger partial charge on any atom is 0.124 e. The summed E-state index contributed by atoms with van der Waals surface area (Å²) in [6.07, 6.45) is 14.9. The lowest BCUT2D eigenvalue weighted by molar-refractivity contribution is 0.0438. The van der Waals surface area contributed by atoms with Crippen LogP contribution in [0.15, 0.2) is 145 Å². The van der Waals surface area contributed by atoms with Gasteiger partial charge in [-0.05, 0) is 99.9 Å². The first kappa shape index (κ1) is 27.5. The van der Waals surface area contributed by atoms with Crippen LogP contribution in [0.2, 0.25) is 0 Å². The molecule has 6 unspecified atom stereocenters. The molecule has 0 N–H and O–H groups in total. The number of benzene rings is 5. The van der Waals surface area contributed by atoms with Gasteiger partial charge in [0.05, 0.1) is 0 Å². The molecule has 5 aliphatic rings. The maximum absolute atomic E-state index is 7.48. The smallest absolute Gasteiger partial charge is 0.124 e. The summed E-state index contributed by atoms with van der Waals surface area (Å²) >= 11 is 0. The second-order valence-electron chi connectivity index (χ2n) is 14.6. The van der Waals surface area contributed by atoms with E-state index in [2.05, 4.69) is 133 Å². The van der Waals surface area contributed by atoms with E-state index in [1.165, 1.54) is 69.8 Å². The highest BCUT2D eigenvalue weighted by Gasteiger charge is 2.51. The predicted molar refractivity (Wildman–Crippen MR) is 193 cm³/mol. The fourth-order valence-electron chi connectivity index (χ4n) is 9.96. The minimum absolute atomic E-state index is 0.154. The van der Waals surface area contributed by atoms with Gasteiger partial charge in [0.25, 0.3) is 0 Å². The summed E-state index contributed by atoms with van der Waals surface area (Å²) in [4.78, 5) is 0. The molecular weight excluding hydrogens is 569 g/mol. The third-order valence-corrected chi connectivity index (χ3v) is 12.1.